The standard InChI is InChI=1S/C13H18N4O2/c1-8(16-13(15)19)12(18)17-7-3-4-9-10(14)5-2-6-11(9)17/h2,5-6,8H,3-4,7,14H2,1H3,(H3,15,16,19). The predicted octanol–water partition coefficient (Wildman–Crippen LogP) is 0.605. The van der Waals surface area contributed by atoms with E-state index >= 15 is 0 Å². The smallest absolute Gasteiger partial charge is 0.312 e. The van der Waals surface area contributed by atoms with E-state index in [0.29, 0.717) is 12.2 Å². The van der Waals surface area contributed by atoms with Crippen molar-refractivity contribution in [3.63, 3.8) is 0 Å². The number of hydrogen-bond donors (Lipinski definition) is 3. The van der Waals surface area contributed by atoms with Crippen molar-refractivity contribution in [1.82, 2.24) is 5.32 Å². The van der Waals surface area contributed by atoms with Crippen LogP contribution in [-0.2, 0) is 11.2 Å². The Bertz CT molecular complexity index is 515. The Kier molecular flexibility index (Phi) is 3.59. The Balaban J connectivity index is 2.26. The molecule has 0 aromatic heterocycles. The number of nitrogens with two attached hydrogens (primary N) is 2. The van der Waals surface area contributed by atoms with E-state index in [1.165, 1.54) is 0 Å². The number of amides is 3. The molecule has 1 aromatic rings. The molecule has 0 fully saturated rings. The highest BCUT2D eigenvalue weighted by atomic mass is 16.2. The van der Waals surface area contributed by atoms with Crippen LogP contribution in [0.3, 0.4) is 0 Å². The molecule has 1 aromatic carbocycles. The highest BCUT2D eigenvalue weighted by molar-refractivity contribution is 6.00. The Hall–Kier alpha value is -2.24. The van der Waals surface area contributed by atoms with E-state index in [2.05, 4.69) is 5.32 Å². The van der Waals surface area contributed by atoms with Gasteiger partial charge < -0.3 is 21.7 Å². The number of benzene rings is 1. The molecule has 1 unspecified atom stereocenters. The van der Waals surface area contributed by atoms with Crippen molar-refractivity contribution in [2.45, 2.75) is 25.8 Å². The van der Waals surface area contributed by atoms with Crippen LogP contribution >= 0.6 is 0 Å². The summed E-state index contributed by atoms with van der Waals surface area (Å²) in [6, 6.07) is 4.18. The van der Waals surface area contributed by atoms with E-state index in [1.54, 1.807) is 11.8 Å². The summed E-state index contributed by atoms with van der Waals surface area (Å²) in [4.78, 5) is 24.8. The normalized spacial score (nSPS) is 15.5. The molecule has 102 valence electrons. The van der Waals surface area contributed by atoms with Gasteiger partial charge >= 0.3 is 6.03 Å². The van der Waals surface area contributed by atoms with Gasteiger partial charge in [0.25, 0.3) is 0 Å². The van der Waals surface area contributed by atoms with Gasteiger partial charge in [-0.1, -0.05) is 6.07 Å². The molecule has 6 nitrogen and oxygen atoms in total. The lowest BCUT2D eigenvalue weighted by Gasteiger charge is -2.32. The van der Waals surface area contributed by atoms with Gasteiger partial charge in [-0.3, -0.25) is 4.79 Å². The van der Waals surface area contributed by atoms with Crippen molar-refractivity contribution in [1.29, 1.82) is 0 Å². The lowest BCUT2D eigenvalue weighted by atomic mass is 9.99. The third kappa shape index (κ3) is 2.62. The summed E-state index contributed by atoms with van der Waals surface area (Å²) in [6.07, 6.45) is 1.72. The van der Waals surface area contributed by atoms with Crippen LogP contribution in [0.2, 0.25) is 0 Å². The van der Waals surface area contributed by atoms with Crippen molar-refractivity contribution in [3.8, 4) is 0 Å². The summed E-state index contributed by atoms with van der Waals surface area (Å²) in [5.74, 6) is -0.176. The summed E-state index contributed by atoms with van der Waals surface area (Å²) in [6.45, 7) is 2.24. The van der Waals surface area contributed by atoms with Crippen LogP contribution in [0, 0.1) is 0 Å². The molecule has 0 saturated heterocycles. The molecular weight excluding hydrogens is 244 g/mol. The molecule has 6 heteroatoms. The number of nitrogen functional groups attached to an aromatic ring is 1. The largest absolute Gasteiger partial charge is 0.398 e. The number of nitrogens with one attached hydrogen (secondary N) is 1. The highest BCUT2D eigenvalue weighted by Crippen LogP contribution is 2.31. The third-order valence-corrected chi connectivity index (χ3v) is 3.28. The van der Waals surface area contributed by atoms with Crippen LogP contribution < -0.4 is 21.7 Å². The molecule has 5 N–H and O–H groups in total. The molecule has 0 bridgehead atoms. The number of rotatable bonds is 2. The molecule has 0 saturated carbocycles. The van der Waals surface area contributed by atoms with Gasteiger partial charge in [0.05, 0.1) is 0 Å². The maximum absolute atomic E-state index is 12.3. The van der Waals surface area contributed by atoms with Crippen LogP contribution in [0.1, 0.15) is 18.9 Å². The Labute approximate surface area is 111 Å². The molecular formula is C13H18N4O2. The second-order valence-electron chi connectivity index (χ2n) is 4.67. The fourth-order valence-electron chi connectivity index (χ4n) is 2.39. The van der Waals surface area contributed by atoms with Crippen molar-refractivity contribution >= 4 is 23.3 Å². The first-order valence-electron chi connectivity index (χ1n) is 6.25. The van der Waals surface area contributed by atoms with E-state index in [9.17, 15) is 9.59 Å². The minimum atomic E-state index is -0.703. The molecule has 1 aliphatic rings. The van der Waals surface area contributed by atoms with Gasteiger partial charge in [-0.25, -0.2) is 4.79 Å². The molecule has 0 aliphatic carbocycles. The Morgan fingerprint density at radius 3 is 2.84 bits per heavy atom. The van der Waals surface area contributed by atoms with E-state index in [0.717, 1.165) is 24.1 Å². The zero-order valence-electron chi connectivity index (χ0n) is 10.8. The van der Waals surface area contributed by atoms with Gasteiger partial charge in [-0.05, 0) is 37.5 Å². The number of primary amides is 1. The zero-order chi connectivity index (χ0) is 14.0. The molecule has 0 radical (unpaired) electrons. The Morgan fingerprint density at radius 2 is 2.16 bits per heavy atom. The molecule has 2 rings (SSSR count). The van der Waals surface area contributed by atoms with E-state index < -0.39 is 12.1 Å². The van der Waals surface area contributed by atoms with Crippen LogP contribution in [0.5, 0.6) is 0 Å². The number of carbonyl (C=O) groups is 2. The van der Waals surface area contributed by atoms with E-state index in [1.807, 2.05) is 18.2 Å². The summed E-state index contributed by atoms with van der Waals surface area (Å²) < 4.78 is 0. The van der Waals surface area contributed by atoms with Crippen molar-refractivity contribution in [2.75, 3.05) is 17.2 Å². The first-order chi connectivity index (χ1) is 9.00. The molecule has 3 amide bonds. The second kappa shape index (κ2) is 5.17. The van der Waals surface area contributed by atoms with Gasteiger partial charge in [0.2, 0.25) is 5.91 Å². The van der Waals surface area contributed by atoms with Crippen LogP contribution in [-0.4, -0.2) is 24.5 Å². The molecule has 1 aliphatic heterocycles. The fraction of sp³-hybridized carbons (Fsp3) is 0.385. The molecule has 0 spiro atoms. The first kappa shape index (κ1) is 13.2. The average molecular weight is 262 g/mol. The van der Waals surface area contributed by atoms with Crippen molar-refractivity contribution in [3.05, 3.63) is 23.8 Å². The molecule has 1 heterocycles. The number of nitrogens with zero attached hydrogens (tertiary/aromatic N) is 1. The predicted molar refractivity (Wildman–Crippen MR) is 73.7 cm³/mol. The van der Waals surface area contributed by atoms with E-state index in [-0.39, 0.29) is 5.91 Å². The first-order valence-corrected chi connectivity index (χ1v) is 6.25. The van der Waals surface area contributed by atoms with Crippen LogP contribution in [0.15, 0.2) is 18.2 Å². The SMILES string of the molecule is CC(NC(N)=O)C(=O)N1CCCc2c(N)cccc21. The van der Waals surface area contributed by atoms with Gasteiger partial charge in [0.1, 0.15) is 6.04 Å². The quantitative estimate of drug-likeness (QED) is 0.680. The van der Waals surface area contributed by atoms with Crippen molar-refractivity contribution < 1.29 is 9.59 Å². The summed E-state index contributed by atoms with van der Waals surface area (Å²) >= 11 is 0. The lowest BCUT2D eigenvalue weighted by Crippen LogP contribution is -2.50. The van der Waals surface area contributed by atoms with Gasteiger partial charge in [0, 0.05) is 17.9 Å². The van der Waals surface area contributed by atoms with Crippen LogP contribution in [0.4, 0.5) is 16.2 Å². The number of urea groups is 1. The molecule has 19 heavy (non-hydrogen) atoms. The van der Waals surface area contributed by atoms with Crippen molar-refractivity contribution in [2.24, 2.45) is 5.73 Å². The maximum atomic E-state index is 12.3. The monoisotopic (exact) mass is 262 g/mol. The van der Waals surface area contributed by atoms with Crippen LogP contribution in [0.25, 0.3) is 0 Å². The summed E-state index contributed by atoms with van der Waals surface area (Å²) in [7, 11) is 0. The van der Waals surface area contributed by atoms with Gasteiger partial charge in [-0.2, -0.15) is 0 Å². The number of anilines is 2. The van der Waals surface area contributed by atoms with Gasteiger partial charge in [-0.15, -0.1) is 0 Å². The molecule has 1 atom stereocenters. The Morgan fingerprint density at radius 1 is 1.42 bits per heavy atom. The second-order valence-corrected chi connectivity index (χ2v) is 4.67. The highest BCUT2D eigenvalue weighted by Gasteiger charge is 2.27. The maximum Gasteiger partial charge on any atom is 0.312 e. The number of carbonyl (C=O) groups excluding carboxylic acids is 2. The van der Waals surface area contributed by atoms with Gasteiger partial charge in [0.15, 0.2) is 0 Å². The lowest BCUT2D eigenvalue weighted by molar-refractivity contribution is -0.120. The minimum absolute atomic E-state index is 0.176. The third-order valence-electron chi connectivity index (χ3n) is 3.28. The minimum Gasteiger partial charge on any atom is -0.398 e. The summed E-state index contributed by atoms with van der Waals surface area (Å²) in [5.41, 5.74) is 13.5. The fourth-order valence-corrected chi connectivity index (χ4v) is 2.39. The number of fused-ring (bicyclic) bond motifs is 1. The average Bonchev–Trinajstić information content (AvgIpc) is 2.37. The van der Waals surface area contributed by atoms with E-state index in [4.69, 9.17) is 11.5 Å². The number of hydrogen-bond acceptors (Lipinski definition) is 3. The topological polar surface area (TPSA) is 101 Å². The zero-order valence-corrected chi connectivity index (χ0v) is 10.8. The summed E-state index contributed by atoms with van der Waals surface area (Å²) in [5, 5.41) is 2.40.